The van der Waals surface area contributed by atoms with Crippen molar-refractivity contribution in [1.29, 1.82) is 0 Å². The second-order valence-corrected chi connectivity index (χ2v) is 5.82. The van der Waals surface area contributed by atoms with Gasteiger partial charge in [0.1, 0.15) is 11.5 Å². The number of anilines is 1. The summed E-state index contributed by atoms with van der Waals surface area (Å²) in [5, 5.41) is 3.00. The zero-order valence-corrected chi connectivity index (χ0v) is 13.4. The minimum absolute atomic E-state index is 0.205. The fourth-order valence-electron chi connectivity index (χ4n) is 1.63. The first kappa shape index (κ1) is 16.0. The van der Waals surface area contributed by atoms with Crippen LogP contribution in [0.4, 0.5) is 9.93 Å². The molecule has 0 aliphatic heterocycles. The van der Waals surface area contributed by atoms with Gasteiger partial charge in [-0.05, 0) is 12.5 Å². The number of benzene rings is 1. The molecule has 0 aliphatic carbocycles. The van der Waals surface area contributed by atoms with Crippen LogP contribution in [0.5, 0.6) is 0 Å². The molecule has 0 spiro atoms. The van der Waals surface area contributed by atoms with Crippen LogP contribution in [-0.4, -0.2) is 36.0 Å². The summed E-state index contributed by atoms with van der Waals surface area (Å²) in [6.07, 6.45) is 0. The minimum atomic E-state index is -0.441. The topological polar surface area (TPSA) is 71.5 Å². The Morgan fingerprint density at radius 2 is 1.95 bits per heavy atom. The summed E-state index contributed by atoms with van der Waals surface area (Å²) in [6.45, 7) is 1.91. The number of nitrogens with zero attached hydrogens (tertiary/aromatic N) is 2. The van der Waals surface area contributed by atoms with Crippen LogP contribution in [0.25, 0.3) is 0 Å². The van der Waals surface area contributed by atoms with E-state index < -0.39 is 5.97 Å². The highest BCUT2D eigenvalue weighted by Gasteiger charge is 2.18. The molecular formula is C15H17N3O3S. The molecule has 6 nitrogen and oxygen atoms in total. The SMILES string of the molecule is Cc1nc(NC(=O)N(C)C)sc1C(=O)OCc1ccccc1. The van der Waals surface area contributed by atoms with Crippen LogP contribution in [-0.2, 0) is 11.3 Å². The van der Waals surface area contributed by atoms with E-state index in [1.165, 1.54) is 4.90 Å². The maximum absolute atomic E-state index is 12.1. The molecule has 0 aliphatic rings. The summed E-state index contributed by atoms with van der Waals surface area (Å²) < 4.78 is 5.27. The fourth-order valence-corrected chi connectivity index (χ4v) is 2.48. The van der Waals surface area contributed by atoms with Gasteiger partial charge in [0.15, 0.2) is 5.13 Å². The van der Waals surface area contributed by atoms with Crippen LogP contribution in [0.2, 0.25) is 0 Å². The van der Waals surface area contributed by atoms with E-state index in [-0.39, 0.29) is 12.6 Å². The summed E-state index contributed by atoms with van der Waals surface area (Å²) in [7, 11) is 3.26. The lowest BCUT2D eigenvalue weighted by Gasteiger charge is -2.09. The van der Waals surface area contributed by atoms with Gasteiger partial charge in [-0.2, -0.15) is 0 Å². The van der Waals surface area contributed by atoms with Gasteiger partial charge in [0.05, 0.1) is 5.69 Å². The second kappa shape index (κ2) is 7.04. The Balaban J connectivity index is 2.01. The summed E-state index contributed by atoms with van der Waals surface area (Å²) >= 11 is 1.10. The molecule has 1 heterocycles. The quantitative estimate of drug-likeness (QED) is 0.880. The highest BCUT2D eigenvalue weighted by atomic mass is 32.1. The van der Waals surface area contributed by atoms with Gasteiger partial charge in [0.2, 0.25) is 0 Å². The molecule has 22 heavy (non-hydrogen) atoms. The molecular weight excluding hydrogens is 302 g/mol. The molecule has 1 aromatic heterocycles. The number of ether oxygens (including phenoxy) is 1. The van der Waals surface area contributed by atoms with Gasteiger partial charge in [-0.1, -0.05) is 41.7 Å². The average molecular weight is 319 g/mol. The Kier molecular flexibility index (Phi) is 5.11. The third-order valence-corrected chi connectivity index (χ3v) is 3.87. The Bertz CT molecular complexity index is 668. The van der Waals surface area contributed by atoms with Gasteiger partial charge in [-0.15, -0.1) is 0 Å². The number of aryl methyl sites for hydroxylation is 1. The first-order valence-electron chi connectivity index (χ1n) is 6.64. The number of carbonyl (C=O) groups is 2. The van der Waals surface area contributed by atoms with Crippen molar-refractivity contribution in [3.8, 4) is 0 Å². The molecule has 2 rings (SSSR count). The van der Waals surface area contributed by atoms with Gasteiger partial charge in [-0.25, -0.2) is 14.6 Å². The number of rotatable bonds is 4. The summed E-state index contributed by atoms with van der Waals surface area (Å²) in [4.78, 5) is 29.6. The van der Waals surface area contributed by atoms with Crippen molar-refractivity contribution in [2.45, 2.75) is 13.5 Å². The van der Waals surface area contributed by atoms with Crippen LogP contribution in [0.1, 0.15) is 20.9 Å². The van der Waals surface area contributed by atoms with Gasteiger partial charge < -0.3 is 9.64 Å². The number of esters is 1. The molecule has 116 valence electrons. The highest BCUT2D eigenvalue weighted by Crippen LogP contribution is 2.24. The van der Waals surface area contributed by atoms with E-state index in [9.17, 15) is 9.59 Å². The lowest BCUT2D eigenvalue weighted by molar-refractivity contribution is 0.0477. The largest absolute Gasteiger partial charge is 0.457 e. The van der Waals surface area contributed by atoms with E-state index in [0.29, 0.717) is 15.7 Å². The molecule has 0 saturated heterocycles. The zero-order chi connectivity index (χ0) is 16.1. The molecule has 0 unspecified atom stereocenters. The predicted molar refractivity (Wildman–Crippen MR) is 85.1 cm³/mol. The van der Waals surface area contributed by atoms with E-state index >= 15 is 0 Å². The monoisotopic (exact) mass is 319 g/mol. The Morgan fingerprint density at radius 1 is 1.27 bits per heavy atom. The lowest BCUT2D eigenvalue weighted by atomic mass is 10.2. The van der Waals surface area contributed by atoms with Gasteiger partial charge >= 0.3 is 12.0 Å². The lowest BCUT2D eigenvalue weighted by Crippen LogP contribution is -2.27. The predicted octanol–water partition coefficient (Wildman–Crippen LogP) is 2.90. The number of hydrogen-bond donors (Lipinski definition) is 1. The average Bonchev–Trinajstić information content (AvgIpc) is 2.86. The minimum Gasteiger partial charge on any atom is -0.457 e. The third kappa shape index (κ3) is 4.05. The fraction of sp³-hybridized carbons (Fsp3) is 0.267. The number of nitrogens with one attached hydrogen (secondary N) is 1. The summed E-state index contributed by atoms with van der Waals surface area (Å²) in [6, 6.07) is 9.15. The normalized spacial score (nSPS) is 10.1. The van der Waals surface area contributed by atoms with Crippen molar-refractivity contribution >= 4 is 28.5 Å². The molecule has 0 saturated carbocycles. The number of aromatic nitrogens is 1. The molecule has 0 bridgehead atoms. The van der Waals surface area contributed by atoms with Crippen molar-refractivity contribution in [1.82, 2.24) is 9.88 Å². The van der Waals surface area contributed by atoms with Crippen molar-refractivity contribution < 1.29 is 14.3 Å². The molecule has 0 radical (unpaired) electrons. The smallest absolute Gasteiger partial charge is 0.350 e. The van der Waals surface area contributed by atoms with E-state index in [1.54, 1.807) is 21.0 Å². The van der Waals surface area contributed by atoms with Crippen molar-refractivity contribution in [2.24, 2.45) is 0 Å². The molecule has 2 aromatic rings. The second-order valence-electron chi connectivity index (χ2n) is 4.82. The standard InChI is InChI=1S/C15H17N3O3S/c1-10-12(22-14(16-10)17-15(20)18(2)3)13(19)21-9-11-7-5-4-6-8-11/h4-8H,9H2,1-3H3,(H,16,17,20). The van der Waals surface area contributed by atoms with Gasteiger partial charge in [0.25, 0.3) is 0 Å². The third-order valence-electron chi connectivity index (χ3n) is 2.81. The van der Waals surface area contributed by atoms with Gasteiger partial charge in [0, 0.05) is 14.1 Å². The maximum atomic E-state index is 12.1. The van der Waals surface area contributed by atoms with E-state index in [1.807, 2.05) is 30.3 Å². The molecule has 2 amide bonds. The summed E-state index contributed by atoms with van der Waals surface area (Å²) in [5.41, 5.74) is 1.45. The number of hydrogen-bond acceptors (Lipinski definition) is 5. The van der Waals surface area contributed by atoms with Crippen LogP contribution < -0.4 is 5.32 Å². The molecule has 1 N–H and O–H groups in total. The highest BCUT2D eigenvalue weighted by molar-refractivity contribution is 7.17. The Hall–Kier alpha value is -2.41. The molecule has 7 heteroatoms. The Labute approximate surface area is 132 Å². The van der Waals surface area contributed by atoms with E-state index in [0.717, 1.165) is 16.9 Å². The number of amides is 2. The van der Waals surface area contributed by atoms with Crippen molar-refractivity contribution in [3.63, 3.8) is 0 Å². The maximum Gasteiger partial charge on any atom is 0.350 e. The number of carbonyl (C=O) groups excluding carboxylic acids is 2. The zero-order valence-electron chi connectivity index (χ0n) is 12.6. The molecule has 0 fully saturated rings. The Morgan fingerprint density at radius 3 is 2.59 bits per heavy atom. The van der Waals surface area contributed by atoms with Crippen LogP contribution in [0.15, 0.2) is 30.3 Å². The summed E-state index contributed by atoms with van der Waals surface area (Å²) in [5.74, 6) is -0.441. The van der Waals surface area contributed by atoms with Crippen LogP contribution in [0, 0.1) is 6.92 Å². The number of urea groups is 1. The van der Waals surface area contributed by atoms with Crippen molar-refractivity contribution in [3.05, 3.63) is 46.5 Å². The van der Waals surface area contributed by atoms with Crippen LogP contribution in [0.3, 0.4) is 0 Å². The molecule has 1 aromatic carbocycles. The van der Waals surface area contributed by atoms with E-state index in [2.05, 4.69) is 10.3 Å². The van der Waals surface area contributed by atoms with E-state index in [4.69, 9.17) is 4.74 Å². The first-order chi connectivity index (χ1) is 10.5. The van der Waals surface area contributed by atoms with Crippen LogP contribution >= 0.6 is 11.3 Å². The van der Waals surface area contributed by atoms with Gasteiger partial charge in [-0.3, -0.25) is 5.32 Å². The van der Waals surface area contributed by atoms with Crippen molar-refractivity contribution in [2.75, 3.05) is 19.4 Å². The molecule has 0 atom stereocenters. The number of thiazole rings is 1. The first-order valence-corrected chi connectivity index (χ1v) is 7.46.